The maximum Gasteiger partial charge on any atom is 0.305 e. The molecule has 1 aromatic carbocycles. The Morgan fingerprint density at radius 2 is 1.81 bits per heavy atom. The number of methoxy groups -OCH3 is 1. The minimum absolute atomic E-state index is 0.0733. The minimum atomic E-state index is -3.66. The van der Waals surface area contributed by atoms with Crippen LogP contribution in [-0.2, 0) is 19.6 Å². The van der Waals surface area contributed by atoms with Crippen molar-refractivity contribution in [3.8, 4) is 0 Å². The van der Waals surface area contributed by atoms with E-state index in [0.29, 0.717) is 12.8 Å². The number of carbonyl (C=O) groups is 1. The lowest BCUT2D eigenvalue weighted by Gasteiger charge is -2.17. The van der Waals surface area contributed by atoms with E-state index in [2.05, 4.69) is 19.5 Å². The van der Waals surface area contributed by atoms with Crippen molar-refractivity contribution in [1.29, 1.82) is 0 Å². The predicted octanol–water partition coefficient (Wildman–Crippen LogP) is 3.86. The summed E-state index contributed by atoms with van der Waals surface area (Å²) in [5.74, 6) is -0.199. The van der Waals surface area contributed by atoms with E-state index < -0.39 is 16.1 Å². The molecule has 0 bridgehead atoms. The third-order valence-electron chi connectivity index (χ3n) is 4.18. The Labute approximate surface area is 161 Å². The van der Waals surface area contributed by atoms with Crippen LogP contribution >= 0.6 is 0 Å². The molecule has 0 heterocycles. The van der Waals surface area contributed by atoms with E-state index in [1.807, 2.05) is 6.92 Å². The van der Waals surface area contributed by atoms with Gasteiger partial charge in [0, 0.05) is 23.9 Å². The number of unbranched alkanes of at least 4 members (excludes halogenated alkanes) is 4. The fraction of sp³-hybridized carbons (Fsp3) is 0.611. The van der Waals surface area contributed by atoms with Crippen molar-refractivity contribution in [3.63, 3.8) is 0 Å². The largest absolute Gasteiger partial charge is 0.469 e. The van der Waals surface area contributed by atoms with Crippen LogP contribution in [0.5, 0.6) is 0 Å². The Morgan fingerprint density at radius 3 is 2.44 bits per heavy atom. The van der Waals surface area contributed by atoms with E-state index in [4.69, 9.17) is 5.53 Å². The van der Waals surface area contributed by atoms with Crippen molar-refractivity contribution in [2.75, 3.05) is 13.7 Å². The number of aryl methyl sites for hydroxylation is 1. The van der Waals surface area contributed by atoms with Crippen molar-refractivity contribution in [2.24, 2.45) is 5.11 Å². The molecule has 0 saturated heterocycles. The summed E-state index contributed by atoms with van der Waals surface area (Å²) in [5, 5.41) is 3.52. The minimum Gasteiger partial charge on any atom is -0.469 e. The number of benzene rings is 1. The molecule has 1 N–H and O–H groups in total. The topological polar surface area (TPSA) is 121 Å². The number of azide groups is 1. The van der Waals surface area contributed by atoms with Gasteiger partial charge in [-0.1, -0.05) is 48.5 Å². The van der Waals surface area contributed by atoms with Gasteiger partial charge in [0.15, 0.2) is 0 Å². The van der Waals surface area contributed by atoms with E-state index in [-0.39, 0.29) is 17.4 Å². The lowest BCUT2D eigenvalue weighted by molar-refractivity contribution is -0.140. The molecule has 0 radical (unpaired) electrons. The smallest absolute Gasteiger partial charge is 0.305 e. The van der Waals surface area contributed by atoms with Crippen molar-refractivity contribution < 1.29 is 17.9 Å². The Morgan fingerprint density at radius 1 is 1.19 bits per heavy atom. The number of esters is 1. The average molecular weight is 397 g/mol. The van der Waals surface area contributed by atoms with Crippen LogP contribution < -0.4 is 4.72 Å². The molecule has 1 atom stereocenters. The Bertz CT molecular complexity index is 728. The average Bonchev–Trinajstić information content (AvgIpc) is 2.64. The molecule has 0 aromatic heterocycles. The van der Waals surface area contributed by atoms with Gasteiger partial charge >= 0.3 is 5.97 Å². The van der Waals surface area contributed by atoms with Gasteiger partial charge in [-0.25, -0.2) is 13.1 Å². The van der Waals surface area contributed by atoms with Crippen molar-refractivity contribution in [2.45, 2.75) is 62.8 Å². The summed E-state index contributed by atoms with van der Waals surface area (Å²) in [6.07, 6.45) is 5.39. The van der Waals surface area contributed by atoms with E-state index in [9.17, 15) is 13.2 Å². The molecule has 0 fully saturated rings. The standard InChI is InChI=1S/C18H28N4O4S/c1-15-10-12-17(13-11-15)27(24,25)21-16(14-20-22-19)8-6-4-3-5-7-9-18(23)26-2/h10-13,16,21H,3-9,14H2,1-2H3. The van der Waals surface area contributed by atoms with Crippen LogP contribution in [0.1, 0.15) is 50.5 Å². The molecule has 0 spiro atoms. The normalized spacial score (nSPS) is 12.2. The second-order valence-electron chi connectivity index (χ2n) is 6.43. The molecule has 0 aliphatic carbocycles. The van der Waals surface area contributed by atoms with E-state index in [0.717, 1.165) is 37.7 Å². The molecule has 27 heavy (non-hydrogen) atoms. The maximum atomic E-state index is 12.5. The number of ether oxygens (including phenoxy) is 1. The van der Waals surface area contributed by atoms with Gasteiger partial charge in [0.05, 0.1) is 12.0 Å². The number of hydrogen-bond donors (Lipinski definition) is 1. The summed E-state index contributed by atoms with van der Waals surface area (Å²) in [5.41, 5.74) is 9.52. The highest BCUT2D eigenvalue weighted by Crippen LogP contribution is 2.14. The molecule has 9 heteroatoms. The zero-order chi connectivity index (χ0) is 20.1. The molecule has 0 aliphatic heterocycles. The highest BCUT2D eigenvalue weighted by molar-refractivity contribution is 7.89. The Kier molecular flexibility index (Phi) is 10.5. The Balaban J connectivity index is 2.47. The number of sulfonamides is 1. The lowest BCUT2D eigenvalue weighted by Crippen LogP contribution is -2.36. The van der Waals surface area contributed by atoms with E-state index in [1.165, 1.54) is 7.11 Å². The van der Waals surface area contributed by atoms with Gasteiger partial charge in [0.25, 0.3) is 0 Å². The second kappa shape index (κ2) is 12.3. The van der Waals surface area contributed by atoms with E-state index >= 15 is 0 Å². The SMILES string of the molecule is COC(=O)CCCCCCCC(CN=[N+]=[N-])NS(=O)(=O)c1ccc(C)cc1. The first-order valence-corrected chi connectivity index (χ1v) is 10.5. The van der Waals surface area contributed by atoms with Crippen molar-refractivity contribution in [1.82, 2.24) is 4.72 Å². The number of nitrogens with zero attached hydrogens (tertiary/aromatic N) is 3. The molecule has 1 unspecified atom stereocenters. The third kappa shape index (κ3) is 9.42. The summed E-state index contributed by atoms with van der Waals surface area (Å²) >= 11 is 0. The van der Waals surface area contributed by atoms with Crippen LogP contribution in [0.25, 0.3) is 10.4 Å². The van der Waals surface area contributed by atoms with E-state index in [1.54, 1.807) is 24.3 Å². The number of rotatable bonds is 13. The first-order chi connectivity index (χ1) is 12.9. The van der Waals surface area contributed by atoms with Gasteiger partial charge in [-0.3, -0.25) is 4.79 Å². The fourth-order valence-electron chi connectivity index (χ4n) is 2.62. The van der Waals surface area contributed by atoms with Crippen LogP contribution in [0.3, 0.4) is 0 Å². The number of hydrogen-bond acceptors (Lipinski definition) is 5. The second-order valence-corrected chi connectivity index (χ2v) is 8.14. The lowest BCUT2D eigenvalue weighted by atomic mass is 10.1. The van der Waals surface area contributed by atoms with Gasteiger partial charge in [-0.2, -0.15) is 0 Å². The highest BCUT2D eigenvalue weighted by Gasteiger charge is 2.19. The van der Waals surface area contributed by atoms with Crippen LogP contribution in [0.15, 0.2) is 34.3 Å². The van der Waals surface area contributed by atoms with Crippen LogP contribution in [0.2, 0.25) is 0 Å². The van der Waals surface area contributed by atoms with Gasteiger partial charge in [-0.15, -0.1) is 0 Å². The van der Waals surface area contributed by atoms with Crippen molar-refractivity contribution in [3.05, 3.63) is 40.3 Å². The van der Waals surface area contributed by atoms with Crippen LogP contribution in [-0.4, -0.2) is 34.1 Å². The molecule has 0 saturated carbocycles. The zero-order valence-corrected chi connectivity index (χ0v) is 16.7. The molecule has 0 aliphatic rings. The predicted molar refractivity (Wildman–Crippen MR) is 104 cm³/mol. The molecule has 1 aromatic rings. The molecule has 8 nitrogen and oxygen atoms in total. The van der Waals surface area contributed by atoms with Gasteiger partial charge < -0.3 is 4.74 Å². The molecule has 150 valence electrons. The first kappa shape index (κ1) is 23.0. The zero-order valence-electron chi connectivity index (χ0n) is 15.9. The fourth-order valence-corrected chi connectivity index (χ4v) is 3.88. The molecule has 1 rings (SSSR count). The molecular weight excluding hydrogens is 368 g/mol. The highest BCUT2D eigenvalue weighted by atomic mass is 32.2. The van der Waals surface area contributed by atoms with Crippen LogP contribution in [0.4, 0.5) is 0 Å². The summed E-state index contributed by atoms with van der Waals surface area (Å²) in [6.45, 7) is 1.96. The Hall–Kier alpha value is -2.09. The summed E-state index contributed by atoms with van der Waals surface area (Å²) in [4.78, 5) is 14.0. The monoisotopic (exact) mass is 396 g/mol. The number of carbonyl (C=O) groups excluding carboxylic acids is 1. The van der Waals surface area contributed by atoms with Gasteiger partial charge in [0.1, 0.15) is 0 Å². The van der Waals surface area contributed by atoms with Gasteiger partial charge in [0.2, 0.25) is 10.0 Å². The third-order valence-corrected chi connectivity index (χ3v) is 5.72. The summed E-state index contributed by atoms with van der Waals surface area (Å²) in [7, 11) is -2.28. The van der Waals surface area contributed by atoms with Crippen LogP contribution in [0, 0.1) is 6.92 Å². The summed E-state index contributed by atoms with van der Waals surface area (Å²) in [6, 6.07) is 6.16. The first-order valence-electron chi connectivity index (χ1n) is 9.05. The summed E-state index contributed by atoms with van der Waals surface area (Å²) < 4.78 is 32.2. The quantitative estimate of drug-likeness (QED) is 0.179. The molecular formula is C18H28N4O4S. The molecule has 0 amide bonds. The van der Waals surface area contributed by atoms with Gasteiger partial charge in [-0.05, 0) is 37.4 Å². The number of nitrogens with one attached hydrogen (secondary N) is 1. The van der Waals surface area contributed by atoms with Crippen molar-refractivity contribution >= 4 is 16.0 Å². The maximum absolute atomic E-state index is 12.5.